The number of nitrogens with one attached hydrogen (secondary N) is 4. The molecular formula is C64H90Br2N4O6P2. The first-order valence-corrected chi connectivity index (χ1v) is 36.5. The number of hydrogen-bond acceptors (Lipinski definition) is 6. The molecule has 78 heavy (non-hydrogen) atoms. The van der Waals surface area contributed by atoms with E-state index in [9.17, 15) is 9.59 Å². The number of alkyl carbamates (subject to hydrolysis) is 2. The van der Waals surface area contributed by atoms with E-state index in [-0.39, 0.29) is 23.7 Å². The molecule has 2 unspecified atom stereocenters. The summed E-state index contributed by atoms with van der Waals surface area (Å²) in [5.41, 5.74) is -0.825. The maximum absolute atomic E-state index is 15.4. The predicted molar refractivity (Wildman–Crippen MR) is 338 cm³/mol. The van der Waals surface area contributed by atoms with Crippen LogP contribution in [0.4, 0.5) is 9.59 Å². The Labute approximate surface area is 483 Å². The Hall–Kier alpha value is -4.60. The van der Waals surface area contributed by atoms with Crippen LogP contribution in [0.1, 0.15) is 135 Å². The van der Waals surface area contributed by atoms with Gasteiger partial charge < -0.3 is 0 Å². The maximum atomic E-state index is 15.4. The van der Waals surface area contributed by atoms with Gasteiger partial charge in [0.25, 0.3) is 0 Å². The van der Waals surface area contributed by atoms with Crippen molar-refractivity contribution in [3.8, 4) is 0 Å². The van der Waals surface area contributed by atoms with Crippen LogP contribution in [0, 0.1) is 22.7 Å². The van der Waals surface area contributed by atoms with Crippen LogP contribution in [0.25, 0.3) is 0 Å². The van der Waals surface area contributed by atoms with Crippen molar-refractivity contribution in [2.24, 2.45) is 22.7 Å². The molecule has 0 aliphatic heterocycles. The summed E-state index contributed by atoms with van der Waals surface area (Å²) < 4.78 is 11.5. The van der Waals surface area contributed by atoms with Crippen molar-refractivity contribution in [1.82, 2.24) is 21.3 Å². The predicted octanol–water partition coefficient (Wildman–Crippen LogP) is 14.6. The van der Waals surface area contributed by atoms with E-state index in [2.05, 4.69) is 170 Å². The number of amides is 4. The second-order valence-electron chi connectivity index (χ2n) is 26.1. The summed E-state index contributed by atoms with van der Waals surface area (Å²) in [6.07, 6.45) is 0.798. The van der Waals surface area contributed by atoms with Crippen molar-refractivity contribution in [3.05, 3.63) is 157 Å². The second kappa shape index (κ2) is 25.0. The van der Waals surface area contributed by atoms with Crippen molar-refractivity contribution in [2.75, 3.05) is 0 Å². The topological polar surface area (TPSA) is 135 Å². The fourth-order valence-corrected chi connectivity index (χ4v) is 27.6. The number of benzene rings is 5. The summed E-state index contributed by atoms with van der Waals surface area (Å²) in [5.74, 6) is -1.40. The molecule has 0 spiro atoms. The minimum atomic E-state index is -4.00. The van der Waals surface area contributed by atoms with Crippen molar-refractivity contribution in [3.63, 3.8) is 0 Å². The Morgan fingerprint density at radius 1 is 0.410 bits per heavy atom. The van der Waals surface area contributed by atoms with Gasteiger partial charge in [0.05, 0.1) is 0 Å². The number of carbonyl (C=O) groups excluding carboxylic acids is 4. The van der Waals surface area contributed by atoms with Crippen LogP contribution < -0.4 is 42.5 Å². The van der Waals surface area contributed by atoms with Crippen molar-refractivity contribution in [2.45, 2.75) is 171 Å². The molecule has 0 fully saturated rings. The second-order valence-corrected chi connectivity index (χ2v) is 44.8. The Morgan fingerprint density at radius 2 is 0.654 bits per heavy atom. The van der Waals surface area contributed by atoms with Crippen LogP contribution in [0.3, 0.4) is 0 Å². The number of hydrogen-bond donors (Lipinski definition) is 4. The summed E-state index contributed by atoms with van der Waals surface area (Å²) in [7, 11) is 0. The molecule has 0 saturated heterocycles. The molecule has 5 aromatic rings. The van der Waals surface area contributed by atoms with Gasteiger partial charge in [0.1, 0.15) is 0 Å². The standard InChI is InChI=1S/C64H90Br2N4O6P2/c1-45(2)41-53(67-57(71)55(61(5,6)7)69-59(73)75-63(11,12)13)77(65,49-33-21-17-22-34-49,50-35-23-18-24-36-50)43-47-31-29-30-32-48(47)44-78(66,51-37-25-19-26-38-51,52-39-27-20-28-40-52)54(42-46(3)4)68-58(72)56(62(8,9)10)70-60(74)76-64(14,15)16/h17-40,45-46,53-56H,41-44H2,1-16H3,(H,67,71)(H,68,72)(H,69,73)(H,70,74)/t53?,54?,55-,56-/m1/s1. The van der Waals surface area contributed by atoms with Crippen LogP contribution in [-0.4, -0.2) is 58.9 Å². The zero-order valence-corrected chi connectivity index (χ0v) is 54.2. The number of carbonyl (C=O) groups is 4. The Balaban J connectivity index is 1.86. The van der Waals surface area contributed by atoms with Crippen molar-refractivity contribution in [1.29, 1.82) is 0 Å². The average molecular weight is 1230 g/mol. The van der Waals surface area contributed by atoms with Crippen LogP contribution in [0.5, 0.6) is 0 Å². The molecule has 0 aromatic heterocycles. The first-order chi connectivity index (χ1) is 36.1. The Bertz CT molecular complexity index is 2540. The molecule has 0 aliphatic carbocycles. The molecule has 4 atom stereocenters. The first-order valence-electron chi connectivity index (χ1n) is 27.4. The van der Waals surface area contributed by atoms with Gasteiger partial charge in [-0.05, 0) is 0 Å². The zero-order chi connectivity index (χ0) is 58.2. The fourth-order valence-electron chi connectivity index (χ4n) is 10.6. The van der Waals surface area contributed by atoms with Crippen LogP contribution in [-0.2, 0) is 31.4 Å². The monoisotopic (exact) mass is 1230 g/mol. The summed E-state index contributed by atoms with van der Waals surface area (Å²) >= 11 is 9.69. The molecule has 4 amide bonds. The van der Waals surface area contributed by atoms with E-state index in [0.29, 0.717) is 25.2 Å². The quantitative estimate of drug-likeness (QED) is 0.0574. The summed E-state index contributed by atoms with van der Waals surface area (Å²) in [6, 6.07) is 48.9. The van der Waals surface area contributed by atoms with Gasteiger partial charge in [0.15, 0.2) is 0 Å². The summed E-state index contributed by atoms with van der Waals surface area (Å²) in [4.78, 5) is 58.0. The molecule has 426 valence electrons. The van der Waals surface area contributed by atoms with Gasteiger partial charge in [-0.15, -0.1) is 0 Å². The van der Waals surface area contributed by atoms with Gasteiger partial charge in [-0.1, -0.05) is 0 Å². The van der Waals surface area contributed by atoms with E-state index in [1.807, 2.05) is 107 Å². The van der Waals surface area contributed by atoms with E-state index in [0.717, 1.165) is 32.3 Å². The third-order valence-corrected chi connectivity index (χ3v) is 34.5. The van der Waals surface area contributed by atoms with Gasteiger partial charge in [-0.3, -0.25) is 0 Å². The Morgan fingerprint density at radius 3 is 0.872 bits per heavy atom. The van der Waals surface area contributed by atoms with Crippen molar-refractivity contribution < 1.29 is 28.7 Å². The third kappa shape index (κ3) is 15.2. The molecule has 4 N–H and O–H groups in total. The molecular weight excluding hydrogens is 1140 g/mol. The van der Waals surface area contributed by atoms with Crippen molar-refractivity contribution >= 4 is 86.8 Å². The molecule has 0 radical (unpaired) electrons. The molecule has 14 heteroatoms. The van der Waals surface area contributed by atoms with Gasteiger partial charge in [0, 0.05) is 0 Å². The number of rotatable bonds is 20. The van der Waals surface area contributed by atoms with Crippen LogP contribution in [0.15, 0.2) is 146 Å². The molecule has 0 saturated carbocycles. The minimum absolute atomic E-state index is 0.118. The van der Waals surface area contributed by atoms with Gasteiger partial charge in [0.2, 0.25) is 0 Å². The third-order valence-electron chi connectivity index (χ3n) is 14.2. The number of ether oxygens (including phenoxy) is 2. The van der Waals surface area contributed by atoms with Gasteiger partial charge >= 0.3 is 487 Å². The molecule has 5 aromatic carbocycles. The van der Waals surface area contributed by atoms with E-state index in [1.54, 1.807) is 0 Å². The fraction of sp³-hybridized carbons (Fsp3) is 0.469. The molecule has 0 aliphatic rings. The molecule has 5 rings (SSSR count). The molecule has 10 nitrogen and oxygen atoms in total. The van der Waals surface area contributed by atoms with E-state index in [4.69, 9.17) is 40.5 Å². The zero-order valence-electron chi connectivity index (χ0n) is 49.2. The van der Waals surface area contributed by atoms with E-state index in [1.165, 1.54) is 0 Å². The molecule has 0 bridgehead atoms. The van der Waals surface area contributed by atoms with E-state index < -0.39 is 68.5 Å². The normalized spacial score (nSPS) is 15.3. The average Bonchev–Trinajstić information content (AvgIpc) is 3.56. The summed E-state index contributed by atoms with van der Waals surface area (Å²) in [5, 5.41) is 9.51. The van der Waals surface area contributed by atoms with Gasteiger partial charge in [-0.25, -0.2) is 0 Å². The van der Waals surface area contributed by atoms with Gasteiger partial charge in [-0.2, -0.15) is 0 Å². The SMILES string of the molecule is CC(C)CC(NC(=O)[C@@H](NC(=O)OC(C)(C)C)C(C)(C)C)P(Br)(Cc1ccccc1CP(Br)(c1ccccc1)(c1ccccc1)C(CC(C)C)NC(=O)[C@@H](NC(=O)OC(C)(C)C)C(C)(C)C)(c1ccccc1)c1ccccc1. The van der Waals surface area contributed by atoms with Crippen LogP contribution >= 0.6 is 41.6 Å². The van der Waals surface area contributed by atoms with Crippen LogP contribution in [0.2, 0.25) is 0 Å². The summed E-state index contributed by atoms with van der Waals surface area (Å²) in [6.45, 7) is 31.3. The Kier molecular flexibility index (Phi) is 20.6. The first kappa shape index (κ1) is 64.2. The molecule has 0 heterocycles. The number of halogens is 2. The van der Waals surface area contributed by atoms with E-state index >= 15 is 9.59 Å².